The normalized spacial score (nSPS) is 12.3. The van der Waals surface area contributed by atoms with Crippen molar-refractivity contribution >= 4 is 29.9 Å². The van der Waals surface area contributed by atoms with E-state index < -0.39 is 34.8 Å². The van der Waals surface area contributed by atoms with Crippen LogP contribution in [0, 0.1) is 5.41 Å². The van der Waals surface area contributed by atoms with Crippen molar-refractivity contribution in [3.63, 3.8) is 0 Å². The van der Waals surface area contributed by atoms with Crippen LogP contribution in [0.1, 0.15) is 82.1 Å². The van der Waals surface area contributed by atoms with Crippen molar-refractivity contribution in [3.8, 4) is 5.75 Å². The number of nitrogens with zero attached hydrogens (tertiary/aromatic N) is 4. The molecule has 0 aromatic carbocycles. The molecule has 41 heavy (non-hydrogen) atoms. The SMILES string of the molecule is CCCCNc1nc(N(C(=O)OC(C)(C)C)C(=O)OC(C)(C)C)ncc1OC/C(N)=C/N(N)COC(=O)C(C)(C)C. The average molecular weight is 582 g/mol. The first-order valence-electron chi connectivity index (χ1n) is 13.4. The summed E-state index contributed by atoms with van der Waals surface area (Å²) in [5.74, 6) is 5.60. The van der Waals surface area contributed by atoms with E-state index in [0.717, 1.165) is 17.9 Å². The molecule has 2 amide bonds. The fraction of sp³-hybridized carbons (Fsp3) is 0.667. The van der Waals surface area contributed by atoms with E-state index in [2.05, 4.69) is 15.3 Å². The fourth-order valence-corrected chi connectivity index (χ4v) is 2.74. The zero-order chi connectivity index (χ0) is 31.6. The van der Waals surface area contributed by atoms with Crippen LogP contribution in [0.5, 0.6) is 5.75 Å². The molecule has 14 nitrogen and oxygen atoms in total. The summed E-state index contributed by atoms with van der Waals surface area (Å²) < 4.78 is 21.8. The Kier molecular flexibility index (Phi) is 12.6. The summed E-state index contributed by atoms with van der Waals surface area (Å²) >= 11 is 0. The largest absolute Gasteiger partial charge is 0.482 e. The van der Waals surface area contributed by atoms with Crippen LogP contribution in [-0.4, -0.2) is 64.2 Å². The van der Waals surface area contributed by atoms with Gasteiger partial charge < -0.3 is 30.0 Å². The first-order valence-corrected chi connectivity index (χ1v) is 13.4. The number of unbranched alkanes of at least 4 members (excludes halogenated alkanes) is 1. The Morgan fingerprint density at radius 1 is 1.00 bits per heavy atom. The van der Waals surface area contributed by atoms with Crippen LogP contribution in [-0.2, 0) is 19.0 Å². The molecule has 0 atom stereocenters. The molecule has 0 saturated carbocycles. The highest BCUT2D eigenvalue weighted by molar-refractivity contribution is 6.08. The van der Waals surface area contributed by atoms with Crippen LogP contribution in [0.15, 0.2) is 18.1 Å². The third-order valence-electron chi connectivity index (χ3n) is 4.60. The van der Waals surface area contributed by atoms with Crippen LogP contribution in [0.4, 0.5) is 21.4 Å². The molecule has 0 saturated heterocycles. The Morgan fingerprint density at radius 2 is 1.56 bits per heavy atom. The van der Waals surface area contributed by atoms with Gasteiger partial charge in [-0.2, -0.15) is 4.98 Å². The molecule has 1 aromatic heterocycles. The van der Waals surface area contributed by atoms with Gasteiger partial charge in [-0.25, -0.2) is 20.4 Å². The third kappa shape index (κ3) is 13.4. The summed E-state index contributed by atoms with van der Waals surface area (Å²) in [4.78, 5) is 47.2. The van der Waals surface area contributed by atoms with Gasteiger partial charge >= 0.3 is 18.2 Å². The first-order chi connectivity index (χ1) is 18.7. The van der Waals surface area contributed by atoms with Crippen molar-refractivity contribution in [1.29, 1.82) is 0 Å². The summed E-state index contributed by atoms with van der Waals surface area (Å²) in [6.45, 7) is 17.4. The van der Waals surface area contributed by atoms with Gasteiger partial charge in [-0.15, -0.1) is 4.90 Å². The van der Waals surface area contributed by atoms with E-state index in [4.69, 9.17) is 30.5 Å². The lowest BCUT2D eigenvalue weighted by Gasteiger charge is -2.27. The van der Waals surface area contributed by atoms with E-state index in [0.29, 0.717) is 11.4 Å². The van der Waals surface area contributed by atoms with Crippen LogP contribution in [0.2, 0.25) is 0 Å². The number of anilines is 2. The summed E-state index contributed by atoms with van der Waals surface area (Å²) in [7, 11) is 0. The lowest BCUT2D eigenvalue weighted by atomic mass is 9.98. The van der Waals surface area contributed by atoms with E-state index in [1.54, 1.807) is 62.3 Å². The smallest absolute Gasteiger partial charge is 0.427 e. The minimum absolute atomic E-state index is 0.117. The number of esters is 1. The number of carbonyl (C=O) groups is 3. The lowest BCUT2D eigenvalue weighted by Crippen LogP contribution is -2.44. The van der Waals surface area contributed by atoms with Crippen LogP contribution < -0.4 is 26.5 Å². The third-order valence-corrected chi connectivity index (χ3v) is 4.60. The number of aromatic nitrogens is 2. The minimum Gasteiger partial charge on any atom is -0.482 e. The van der Waals surface area contributed by atoms with Crippen molar-refractivity contribution in [1.82, 2.24) is 15.0 Å². The molecule has 0 unspecified atom stereocenters. The monoisotopic (exact) mass is 581 g/mol. The summed E-state index contributed by atoms with van der Waals surface area (Å²) in [6.07, 6.45) is 2.40. The van der Waals surface area contributed by atoms with E-state index in [1.165, 1.54) is 12.4 Å². The summed E-state index contributed by atoms with van der Waals surface area (Å²) in [6, 6.07) is 0. The maximum absolute atomic E-state index is 13.0. The van der Waals surface area contributed by atoms with Gasteiger partial charge in [-0.1, -0.05) is 13.3 Å². The lowest BCUT2D eigenvalue weighted by molar-refractivity contribution is -0.156. The zero-order valence-electron chi connectivity index (χ0n) is 26.0. The zero-order valence-corrected chi connectivity index (χ0v) is 26.0. The predicted octanol–water partition coefficient (Wildman–Crippen LogP) is 4.27. The number of hydrazine groups is 1. The van der Waals surface area contributed by atoms with E-state index >= 15 is 0 Å². The second kappa shape index (κ2) is 14.7. The Balaban J connectivity index is 3.22. The fourth-order valence-electron chi connectivity index (χ4n) is 2.74. The molecule has 0 radical (unpaired) electrons. The van der Waals surface area contributed by atoms with Gasteiger partial charge in [0.1, 0.15) is 17.8 Å². The number of carbonyl (C=O) groups excluding carboxylic acids is 3. The van der Waals surface area contributed by atoms with Gasteiger partial charge in [0, 0.05) is 12.7 Å². The second-order valence-corrected chi connectivity index (χ2v) is 12.3. The van der Waals surface area contributed by atoms with Crippen LogP contribution in [0.25, 0.3) is 0 Å². The molecular weight excluding hydrogens is 534 g/mol. The number of ether oxygens (including phenoxy) is 4. The molecule has 1 rings (SSSR count). The van der Waals surface area contributed by atoms with Gasteiger partial charge in [0.25, 0.3) is 0 Å². The van der Waals surface area contributed by atoms with Gasteiger partial charge in [-0.3, -0.25) is 9.80 Å². The molecule has 1 heterocycles. The number of nitrogens with one attached hydrogen (secondary N) is 1. The molecule has 5 N–H and O–H groups in total. The maximum atomic E-state index is 13.0. The Bertz CT molecular complexity index is 1050. The van der Waals surface area contributed by atoms with E-state index in [-0.39, 0.29) is 36.6 Å². The standard InChI is InChI=1S/C27H47N7O7/c1-11-12-13-30-20-19(38-16-18(28)15-33(29)17-39-21(35)25(2,3)4)14-31-22(32-20)34(23(36)40-26(5,6)7)24(37)41-27(8,9)10/h14-15H,11-13,16-17,28-29H2,1-10H3,(H,30,31,32)/b18-15-. The molecule has 0 spiro atoms. The highest BCUT2D eigenvalue weighted by Crippen LogP contribution is 2.26. The molecule has 0 bridgehead atoms. The number of amides is 2. The van der Waals surface area contributed by atoms with Crippen LogP contribution >= 0.6 is 0 Å². The molecule has 232 valence electrons. The van der Waals surface area contributed by atoms with Crippen molar-refractivity contribution in [2.75, 3.05) is 30.1 Å². The van der Waals surface area contributed by atoms with Crippen molar-refractivity contribution in [2.45, 2.75) is 93.3 Å². The number of nitrogens with two attached hydrogens (primary N) is 2. The van der Waals surface area contributed by atoms with Gasteiger partial charge in [0.05, 0.1) is 17.3 Å². The second-order valence-electron chi connectivity index (χ2n) is 12.3. The Hall–Kier alpha value is -3.81. The highest BCUT2D eigenvalue weighted by Gasteiger charge is 2.35. The van der Waals surface area contributed by atoms with Gasteiger partial charge in [0.2, 0.25) is 5.95 Å². The van der Waals surface area contributed by atoms with Crippen LogP contribution in [0.3, 0.4) is 0 Å². The predicted molar refractivity (Wildman–Crippen MR) is 155 cm³/mol. The molecule has 14 heteroatoms. The van der Waals surface area contributed by atoms with Crippen molar-refractivity contribution in [2.24, 2.45) is 17.0 Å². The highest BCUT2D eigenvalue weighted by atomic mass is 16.6. The quantitative estimate of drug-likeness (QED) is 0.0841. The molecule has 0 fully saturated rings. The van der Waals surface area contributed by atoms with E-state index in [1.807, 2.05) is 6.92 Å². The Morgan fingerprint density at radius 3 is 2.05 bits per heavy atom. The summed E-state index contributed by atoms with van der Waals surface area (Å²) in [5, 5.41) is 4.25. The molecular formula is C27H47N7O7. The number of imide groups is 1. The summed E-state index contributed by atoms with van der Waals surface area (Å²) in [5.41, 5.74) is 3.80. The van der Waals surface area contributed by atoms with E-state index in [9.17, 15) is 14.4 Å². The molecule has 1 aromatic rings. The molecule has 0 aliphatic heterocycles. The number of hydrogen-bond acceptors (Lipinski definition) is 13. The van der Waals surface area contributed by atoms with Gasteiger partial charge in [-0.05, 0) is 68.7 Å². The van der Waals surface area contributed by atoms with Crippen molar-refractivity contribution < 1.29 is 33.3 Å². The van der Waals surface area contributed by atoms with Gasteiger partial charge in [0.15, 0.2) is 18.3 Å². The minimum atomic E-state index is -0.998. The first kappa shape index (κ1) is 35.2. The number of rotatable bonds is 11. The van der Waals surface area contributed by atoms with Crippen molar-refractivity contribution in [3.05, 3.63) is 18.1 Å². The topological polar surface area (TPSA) is 184 Å². The maximum Gasteiger partial charge on any atom is 0.427 e. The average Bonchev–Trinajstić information content (AvgIpc) is 2.79. The molecule has 0 aliphatic carbocycles. The Labute approximate surface area is 242 Å². The molecule has 0 aliphatic rings. The number of hydrogen-bond donors (Lipinski definition) is 3.